The van der Waals surface area contributed by atoms with E-state index in [9.17, 15) is 18.8 Å². The van der Waals surface area contributed by atoms with Crippen LogP contribution in [0.1, 0.15) is 80.4 Å². The first-order chi connectivity index (χ1) is 30.4. The number of ether oxygens (including phenoxy) is 2. The van der Waals surface area contributed by atoms with E-state index >= 15 is 4.39 Å². The van der Waals surface area contributed by atoms with Crippen molar-refractivity contribution >= 4 is 50.9 Å². The first-order valence-electron chi connectivity index (χ1n) is 21.8. The van der Waals surface area contributed by atoms with Gasteiger partial charge in [0, 0.05) is 83.0 Å². The number of benzene rings is 4. The van der Waals surface area contributed by atoms with E-state index in [1.807, 2.05) is 36.9 Å². The number of carbonyl (C=O) groups excluding carboxylic acids is 1. The van der Waals surface area contributed by atoms with Gasteiger partial charge < -0.3 is 24.3 Å². The molecule has 6 aromatic rings. The minimum Gasteiger partial charge on any atom is -0.487 e. The molecule has 322 valence electrons. The fraction of sp³-hybridized carbons (Fsp3) is 0.380. The number of likely N-dealkylation sites (tertiary alicyclic amines) is 1. The normalized spacial score (nSPS) is 23.3. The summed E-state index contributed by atoms with van der Waals surface area (Å²) in [5, 5.41) is 15.4. The minimum absolute atomic E-state index is 0.0109. The Labute approximate surface area is 372 Å². The van der Waals surface area contributed by atoms with Gasteiger partial charge in [0.05, 0.1) is 52.1 Å². The SMILES string of the molecule is CC1(C)Cc2cc(-c3nc4c(F)c(-c5cccc(Cl)c5Cl)c(CCC#N)cc4c4c3cc([C@H]3C[C@H](OCc5c(F)cccc5F)CN3C(=O)C3CC3)n4[C@H]3[C@H]4CN[C@@H]3C4)ccc2O1. The number of rotatable bonds is 10. The number of pyridine rings is 1. The van der Waals surface area contributed by atoms with Crippen LogP contribution < -0.4 is 10.1 Å². The molecular formula is C50H44Cl2F3N5O3. The number of nitrogens with one attached hydrogen (secondary N) is 1. The monoisotopic (exact) mass is 889 g/mol. The molecule has 3 saturated heterocycles. The van der Waals surface area contributed by atoms with Crippen LogP contribution in [0.15, 0.2) is 66.7 Å². The van der Waals surface area contributed by atoms with E-state index in [0.29, 0.717) is 35.0 Å². The van der Waals surface area contributed by atoms with Gasteiger partial charge in [0.15, 0.2) is 5.82 Å². The molecule has 1 N–H and O–H groups in total. The Balaban J connectivity index is 1.16. The number of fused-ring (bicyclic) bond motifs is 5. The molecule has 4 aliphatic heterocycles. The van der Waals surface area contributed by atoms with Gasteiger partial charge in [-0.2, -0.15) is 5.26 Å². The van der Waals surface area contributed by atoms with Gasteiger partial charge in [0.2, 0.25) is 5.91 Å². The van der Waals surface area contributed by atoms with Gasteiger partial charge in [-0.25, -0.2) is 18.2 Å². The van der Waals surface area contributed by atoms with Crippen molar-refractivity contribution in [3.63, 3.8) is 0 Å². The molecule has 2 aromatic heterocycles. The number of halogens is 5. The van der Waals surface area contributed by atoms with Gasteiger partial charge in [-0.3, -0.25) is 4.79 Å². The maximum Gasteiger partial charge on any atom is 0.226 e. The van der Waals surface area contributed by atoms with Crippen molar-refractivity contribution in [2.75, 3.05) is 13.1 Å². The third kappa shape index (κ3) is 6.79. The molecule has 13 heteroatoms. The molecule has 4 aromatic carbocycles. The molecule has 0 spiro atoms. The smallest absolute Gasteiger partial charge is 0.226 e. The highest BCUT2D eigenvalue weighted by molar-refractivity contribution is 6.43. The Morgan fingerprint density at radius 2 is 1.83 bits per heavy atom. The van der Waals surface area contributed by atoms with Gasteiger partial charge in [-0.05, 0) is 105 Å². The molecule has 2 aliphatic carbocycles. The lowest BCUT2D eigenvalue weighted by molar-refractivity contribution is -0.134. The lowest BCUT2D eigenvalue weighted by Crippen LogP contribution is -2.41. The summed E-state index contributed by atoms with van der Waals surface area (Å²) in [4.78, 5) is 21.5. The summed E-state index contributed by atoms with van der Waals surface area (Å²) in [7, 11) is 0. The molecule has 6 heterocycles. The second kappa shape index (κ2) is 15.3. The predicted octanol–water partition coefficient (Wildman–Crippen LogP) is 11.2. The molecule has 8 nitrogen and oxygen atoms in total. The van der Waals surface area contributed by atoms with Gasteiger partial charge in [-0.15, -0.1) is 0 Å². The maximum absolute atomic E-state index is 18.0. The van der Waals surface area contributed by atoms with Crippen LogP contribution >= 0.6 is 23.2 Å². The van der Waals surface area contributed by atoms with Gasteiger partial charge in [0.1, 0.15) is 28.5 Å². The van der Waals surface area contributed by atoms with Crippen molar-refractivity contribution < 1.29 is 27.4 Å². The van der Waals surface area contributed by atoms with Crippen LogP contribution in [0.3, 0.4) is 0 Å². The van der Waals surface area contributed by atoms with E-state index in [-0.39, 0.29) is 82.5 Å². The third-order valence-electron chi connectivity index (χ3n) is 13.9. The van der Waals surface area contributed by atoms with Gasteiger partial charge in [-0.1, -0.05) is 41.4 Å². The van der Waals surface area contributed by atoms with Crippen LogP contribution in [0, 0.1) is 40.6 Å². The molecule has 1 amide bonds. The number of carbonyl (C=O) groups is 1. The van der Waals surface area contributed by atoms with Gasteiger partial charge >= 0.3 is 0 Å². The van der Waals surface area contributed by atoms with E-state index in [1.54, 1.807) is 18.2 Å². The highest BCUT2D eigenvalue weighted by atomic mass is 35.5. The van der Waals surface area contributed by atoms with Crippen LogP contribution in [0.5, 0.6) is 5.75 Å². The standard InChI is InChI=1S/C50H44Cl2F3N5O3/c1-50(2)21-28-16-27(13-14-41(28)63-50)45-33-20-40(39-19-30(23-59(39)49(61)25-11-12-25)62-24-34-36(53)9-4-10-37(34)54)60(47-29-18-38(47)57-22-29)48(33)32-17-26(6-5-15-56)42(44(55)46(32)58-45)31-7-3-8-35(51)43(31)52/h3-4,7-10,13-14,16-17,20,25,29-30,38-39,47,57H,5-6,11-12,18-19,21-24H2,1-2H3/t29-,30+,38-,39-,47+/m1/s1. The summed E-state index contributed by atoms with van der Waals surface area (Å²) in [5.74, 6) is -0.913. The van der Waals surface area contributed by atoms with Crippen molar-refractivity contribution in [3.8, 4) is 34.2 Å². The largest absolute Gasteiger partial charge is 0.487 e. The summed E-state index contributed by atoms with van der Waals surface area (Å²) in [6, 6.07) is 20.9. The van der Waals surface area contributed by atoms with E-state index < -0.39 is 35.2 Å². The van der Waals surface area contributed by atoms with E-state index in [1.165, 1.54) is 18.2 Å². The summed E-state index contributed by atoms with van der Waals surface area (Å²) in [6.45, 7) is 4.90. The molecule has 63 heavy (non-hydrogen) atoms. The van der Waals surface area contributed by atoms with Crippen LogP contribution in [0.4, 0.5) is 13.2 Å². The van der Waals surface area contributed by atoms with Crippen molar-refractivity contribution in [1.29, 1.82) is 5.26 Å². The zero-order valence-corrected chi connectivity index (χ0v) is 36.3. The molecule has 2 saturated carbocycles. The molecule has 0 radical (unpaired) electrons. The fourth-order valence-electron chi connectivity index (χ4n) is 10.8. The van der Waals surface area contributed by atoms with Crippen molar-refractivity contribution in [2.24, 2.45) is 11.8 Å². The first-order valence-corrected chi connectivity index (χ1v) is 22.6. The third-order valence-corrected chi connectivity index (χ3v) is 14.7. The van der Waals surface area contributed by atoms with E-state index in [4.69, 9.17) is 37.7 Å². The Bertz CT molecular complexity index is 2910. The molecule has 12 rings (SSSR count). The average molecular weight is 891 g/mol. The maximum atomic E-state index is 18.0. The molecule has 6 aliphatic rings. The number of nitriles is 1. The lowest BCUT2D eigenvalue weighted by Gasteiger charge is -2.39. The summed E-state index contributed by atoms with van der Waals surface area (Å²) in [5.41, 5.74) is 4.94. The number of amides is 1. The second-order valence-electron chi connectivity index (χ2n) is 18.6. The highest BCUT2D eigenvalue weighted by Gasteiger charge is 2.51. The van der Waals surface area contributed by atoms with Crippen molar-refractivity contribution in [2.45, 2.75) is 95.2 Å². The predicted molar refractivity (Wildman–Crippen MR) is 236 cm³/mol. The molecule has 5 fully saturated rings. The van der Waals surface area contributed by atoms with Crippen LogP contribution in [0.2, 0.25) is 10.0 Å². The first kappa shape index (κ1) is 40.6. The summed E-state index contributed by atoms with van der Waals surface area (Å²) in [6.07, 6.45) is 3.55. The van der Waals surface area contributed by atoms with Crippen molar-refractivity contribution in [1.82, 2.24) is 19.8 Å². The van der Waals surface area contributed by atoms with Crippen LogP contribution in [-0.4, -0.2) is 51.2 Å². The number of aryl methyl sites for hydroxylation is 1. The number of hydrogen-bond donors (Lipinski definition) is 1. The Morgan fingerprint density at radius 3 is 2.56 bits per heavy atom. The molecule has 5 atom stereocenters. The number of aromatic nitrogens is 2. The summed E-state index contributed by atoms with van der Waals surface area (Å²) < 4.78 is 62.5. The Morgan fingerprint density at radius 1 is 1.03 bits per heavy atom. The molecule has 2 bridgehead atoms. The zero-order chi connectivity index (χ0) is 43.5. The van der Waals surface area contributed by atoms with Crippen molar-refractivity contribution in [3.05, 3.63) is 117 Å². The summed E-state index contributed by atoms with van der Waals surface area (Å²) >= 11 is 13.4. The number of nitrogens with zero attached hydrogens (tertiary/aromatic N) is 4. The highest BCUT2D eigenvalue weighted by Crippen LogP contribution is 2.52. The zero-order valence-electron chi connectivity index (χ0n) is 34.8. The Kier molecular flexibility index (Phi) is 9.84. The topological polar surface area (TPSA) is 92.4 Å². The van der Waals surface area contributed by atoms with E-state index in [2.05, 4.69) is 28.1 Å². The molecular weight excluding hydrogens is 846 g/mol. The van der Waals surface area contributed by atoms with Gasteiger partial charge in [0.25, 0.3) is 0 Å². The fourth-order valence-corrected chi connectivity index (χ4v) is 11.2. The molecule has 0 unspecified atom stereocenters. The van der Waals surface area contributed by atoms with Crippen LogP contribution in [0.25, 0.3) is 44.2 Å². The second-order valence-corrected chi connectivity index (χ2v) is 19.3. The number of hydrogen-bond acceptors (Lipinski definition) is 6. The minimum atomic E-state index is -0.681. The van der Waals surface area contributed by atoms with E-state index in [0.717, 1.165) is 59.3 Å². The Hall–Kier alpha value is -5.12. The lowest BCUT2D eigenvalue weighted by atomic mass is 9.79. The quantitative estimate of drug-likeness (QED) is 0.147. The average Bonchev–Trinajstić information content (AvgIpc) is 3.60. The van der Waals surface area contributed by atoms with Crippen LogP contribution in [-0.2, 0) is 29.0 Å².